The van der Waals surface area contributed by atoms with Crippen molar-refractivity contribution in [2.75, 3.05) is 5.32 Å². The number of hydrogen-bond acceptors (Lipinski definition) is 3. The van der Waals surface area contributed by atoms with Gasteiger partial charge in [0.2, 0.25) is 11.8 Å². The molecule has 0 unspecified atom stereocenters. The molecule has 1 amide bonds. The van der Waals surface area contributed by atoms with Gasteiger partial charge in [0.05, 0.1) is 5.69 Å². The molecule has 1 N–H and O–H groups in total. The lowest BCUT2D eigenvalue weighted by Gasteiger charge is -2.15. The molecule has 0 aliphatic heterocycles. The Labute approximate surface area is 77.3 Å². The van der Waals surface area contributed by atoms with Crippen LogP contribution in [-0.2, 0) is 4.79 Å². The summed E-state index contributed by atoms with van der Waals surface area (Å²) in [7, 11) is 0. The van der Waals surface area contributed by atoms with E-state index in [1.807, 2.05) is 20.8 Å². The van der Waals surface area contributed by atoms with Gasteiger partial charge in [-0.25, -0.2) is 0 Å². The predicted molar refractivity (Wildman–Crippen MR) is 49.3 cm³/mol. The SMILES string of the molecule is Cc1cc(NC(=O)C(C)(C)C)on1. The third kappa shape index (κ3) is 2.57. The van der Waals surface area contributed by atoms with Crippen molar-refractivity contribution in [3.8, 4) is 0 Å². The Bertz CT molecular complexity index is 310. The van der Waals surface area contributed by atoms with Gasteiger partial charge in [-0.05, 0) is 6.92 Å². The van der Waals surface area contributed by atoms with Crippen molar-refractivity contribution < 1.29 is 9.32 Å². The van der Waals surface area contributed by atoms with Crippen molar-refractivity contribution >= 4 is 11.8 Å². The van der Waals surface area contributed by atoms with Crippen molar-refractivity contribution in [3.63, 3.8) is 0 Å². The van der Waals surface area contributed by atoms with E-state index in [1.165, 1.54) is 0 Å². The summed E-state index contributed by atoms with van der Waals surface area (Å²) in [4.78, 5) is 11.4. The molecule has 0 atom stereocenters. The van der Waals surface area contributed by atoms with Crippen LogP contribution in [0.25, 0.3) is 0 Å². The van der Waals surface area contributed by atoms with Gasteiger partial charge in [0.1, 0.15) is 0 Å². The van der Waals surface area contributed by atoms with Crippen molar-refractivity contribution in [2.45, 2.75) is 27.7 Å². The van der Waals surface area contributed by atoms with Crippen LogP contribution < -0.4 is 5.32 Å². The second-order valence-electron chi connectivity index (χ2n) is 4.04. The van der Waals surface area contributed by atoms with E-state index in [-0.39, 0.29) is 5.91 Å². The minimum Gasteiger partial charge on any atom is -0.338 e. The molecule has 1 aromatic rings. The molecule has 0 radical (unpaired) electrons. The number of hydrogen-bond donors (Lipinski definition) is 1. The highest BCUT2D eigenvalue weighted by Gasteiger charge is 2.22. The maximum absolute atomic E-state index is 11.4. The molecule has 0 spiro atoms. The van der Waals surface area contributed by atoms with Crippen molar-refractivity contribution in [3.05, 3.63) is 11.8 Å². The molecule has 1 aromatic heterocycles. The molecular formula is C9H14N2O2. The minimum atomic E-state index is -0.416. The lowest BCUT2D eigenvalue weighted by atomic mass is 9.96. The van der Waals surface area contributed by atoms with Crippen LogP contribution in [-0.4, -0.2) is 11.1 Å². The number of nitrogens with zero attached hydrogens (tertiary/aromatic N) is 1. The standard InChI is InChI=1S/C9H14N2O2/c1-6-5-7(13-11-6)10-8(12)9(2,3)4/h5H,1-4H3,(H,10,12). The number of carbonyl (C=O) groups excluding carboxylic acids is 1. The second-order valence-corrected chi connectivity index (χ2v) is 4.04. The Balaban J connectivity index is 2.65. The van der Waals surface area contributed by atoms with Crippen molar-refractivity contribution in [1.82, 2.24) is 5.16 Å². The number of amides is 1. The average molecular weight is 182 g/mol. The second kappa shape index (κ2) is 3.20. The normalized spacial score (nSPS) is 11.4. The lowest BCUT2D eigenvalue weighted by Crippen LogP contribution is -2.27. The van der Waals surface area contributed by atoms with E-state index in [9.17, 15) is 4.79 Å². The van der Waals surface area contributed by atoms with Gasteiger partial charge in [-0.15, -0.1) is 0 Å². The van der Waals surface area contributed by atoms with Crippen molar-refractivity contribution in [1.29, 1.82) is 0 Å². The summed E-state index contributed by atoms with van der Waals surface area (Å²) >= 11 is 0. The first-order chi connectivity index (χ1) is 5.89. The average Bonchev–Trinajstić information content (AvgIpc) is 2.33. The fourth-order valence-corrected chi connectivity index (χ4v) is 0.722. The highest BCUT2D eigenvalue weighted by molar-refractivity contribution is 5.93. The van der Waals surface area contributed by atoms with E-state index in [1.54, 1.807) is 13.0 Å². The molecule has 1 rings (SSSR count). The topological polar surface area (TPSA) is 55.1 Å². The predicted octanol–water partition coefficient (Wildman–Crippen LogP) is 1.97. The van der Waals surface area contributed by atoms with Crippen LogP contribution in [0.1, 0.15) is 26.5 Å². The molecular weight excluding hydrogens is 168 g/mol. The molecule has 0 aliphatic carbocycles. The highest BCUT2D eigenvalue weighted by atomic mass is 16.5. The quantitative estimate of drug-likeness (QED) is 0.722. The number of aromatic nitrogens is 1. The molecule has 4 heteroatoms. The van der Waals surface area contributed by atoms with E-state index in [0.717, 1.165) is 5.69 Å². The number of aryl methyl sites for hydroxylation is 1. The van der Waals surface area contributed by atoms with E-state index in [0.29, 0.717) is 5.88 Å². The van der Waals surface area contributed by atoms with Gasteiger partial charge in [0, 0.05) is 11.5 Å². The van der Waals surface area contributed by atoms with Crippen LogP contribution in [0.3, 0.4) is 0 Å². The molecule has 0 fully saturated rings. The Morgan fingerprint density at radius 2 is 2.15 bits per heavy atom. The molecule has 0 aromatic carbocycles. The third-order valence-corrected chi connectivity index (χ3v) is 1.55. The number of anilines is 1. The van der Waals surface area contributed by atoms with E-state index in [2.05, 4.69) is 10.5 Å². The monoisotopic (exact) mass is 182 g/mol. The van der Waals surface area contributed by atoms with Gasteiger partial charge in [0.25, 0.3) is 0 Å². The maximum Gasteiger partial charge on any atom is 0.232 e. The van der Waals surface area contributed by atoms with Crippen LogP contribution >= 0.6 is 0 Å². The fourth-order valence-electron chi connectivity index (χ4n) is 0.722. The van der Waals surface area contributed by atoms with Gasteiger partial charge < -0.3 is 4.52 Å². The van der Waals surface area contributed by atoms with Gasteiger partial charge in [-0.1, -0.05) is 25.9 Å². The smallest absolute Gasteiger partial charge is 0.232 e. The Kier molecular flexibility index (Phi) is 2.40. The summed E-state index contributed by atoms with van der Waals surface area (Å²) in [6, 6.07) is 1.68. The van der Waals surface area contributed by atoms with E-state index >= 15 is 0 Å². The summed E-state index contributed by atoms with van der Waals surface area (Å²) in [5, 5.41) is 6.30. The number of carbonyl (C=O) groups is 1. The van der Waals surface area contributed by atoms with Crippen LogP contribution in [0.15, 0.2) is 10.6 Å². The van der Waals surface area contributed by atoms with Crippen LogP contribution in [0, 0.1) is 12.3 Å². The van der Waals surface area contributed by atoms with Gasteiger partial charge in [-0.2, -0.15) is 0 Å². The third-order valence-electron chi connectivity index (χ3n) is 1.55. The summed E-state index contributed by atoms with van der Waals surface area (Å²) in [6.45, 7) is 7.32. The van der Waals surface area contributed by atoms with Crippen molar-refractivity contribution in [2.24, 2.45) is 5.41 Å². The summed E-state index contributed by atoms with van der Waals surface area (Å²) in [5.41, 5.74) is 0.338. The maximum atomic E-state index is 11.4. The first kappa shape index (κ1) is 9.77. The summed E-state index contributed by atoms with van der Waals surface area (Å²) in [5.74, 6) is 0.320. The van der Waals surface area contributed by atoms with Gasteiger partial charge >= 0.3 is 0 Å². The van der Waals surface area contributed by atoms with Crippen LogP contribution in [0.4, 0.5) is 5.88 Å². The Morgan fingerprint density at radius 1 is 1.54 bits per heavy atom. The molecule has 0 aliphatic rings. The lowest BCUT2D eigenvalue weighted by molar-refractivity contribution is -0.123. The molecule has 0 bridgehead atoms. The first-order valence-corrected chi connectivity index (χ1v) is 4.14. The van der Waals surface area contributed by atoms with Crippen LogP contribution in [0.2, 0.25) is 0 Å². The van der Waals surface area contributed by atoms with E-state index in [4.69, 9.17) is 4.52 Å². The van der Waals surface area contributed by atoms with Crippen LogP contribution in [0.5, 0.6) is 0 Å². The molecule has 13 heavy (non-hydrogen) atoms. The van der Waals surface area contributed by atoms with Gasteiger partial charge in [0.15, 0.2) is 0 Å². The first-order valence-electron chi connectivity index (χ1n) is 4.14. The molecule has 0 saturated carbocycles. The fraction of sp³-hybridized carbons (Fsp3) is 0.556. The van der Waals surface area contributed by atoms with Gasteiger partial charge in [-0.3, -0.25) is 10.1 Å². The zero-order chi connectivity index (χ0) is 10.1. The zero-order valence-corrected chi connectivity index (χ0v) is 8.34. The Morgan fingerprint density at radius 3 is 2.54 bits per heavy atom. The Hall–Kier alpha value is -1.32. The largest absolute Gasteiger partial charge is 0.338 e. The summed E-state index contributed by atoms with van der Waals surface area (Å²) < 4.78 is 4.85. The minimum absolute atomic E-state index is 0.0800. The molecule has 4 nitrogen and oxygen atoms in total. The molecule has 0 saturated heterocycles. The molecule has 72 valence electrons. The highest BCUT2D eigenvalue weighted by Crippen LogP contribution is 2.17. The number of nitrogens with one attached hydrogen (secondary N) is 1. The molecule has 1 heterocycles. The van der Waals surface area contributed by atoms with E-state index < -0.39 is 5.41 Å². The summed E-state index contributed by atoms with van der Waals surface area (Å²) in [6.07, 6.45) is 0. The zero-order valence-electron chi connectivity index (χ0n) is 8.34. The number of rotatable bonds is 1.